The molecular formula is C15H28O4. The van der Waals surface area contributed by atoms with Gasteiger partial charge >= 0.3 is 11.9 Å². The second-order valence-corrected chi connectivity index (χ2v) is 5.11. The maximum absolute atomic E-state index is 11.6. The van der Waals surface area contributed by atoms with Crippen LogP contribution in [0.2, 0.25) is 0 Å². The van der Waals surface area contributed by atoms with E-state index in [1.54, 1.807) is 0 Å². The molecule has 0 aromatic carbocycles. The Bertz CT molecular complexity index is 261. The fourth-order valence-corrected chi connectivity index (χ4v) is 1.75. The molecule has 19 heavy (non-hydrogen) atoms. The first kappa shape index (κ1) is 17.9. The molecule has 0 aromatic heterocycles. The molecule has 0 spiro atoms. The lowest BCUT2D eigenvalue weighted by Gasteiger charge is -2.19. The van der Waals surface area contributed by atoms with E-state index in [0.717, 1.165) is 12.8 Å². The molecule has 0 heterocycles. The summed E-state index contributed by atoms with van der Waals surface area (Å²) in [6.45, 7) is 8.55. The van der Waals surface area contributed by atoms with Gasteiger partial charge in [0.2, 0.25) is 0 Å². The first-order chi connectivity index (χ1) is 9.01. The Kier molecular flexibility index (Phi) is 10.2. The van der Waals surface area contributed by atoms with E-state index in [0.29, 0.717) is 38.2 Å². The van der Waals surface area contributed by atoms with E-state index in [1.165, 1.54) is 0 Å². The first-order valence-electron chi connectivity index (χ1n) is 7.36. The summed E-state index contributed by atoms with van der Waals surface area (Å²) in [6.07, 6.45) is 3.80. The third-order valence-corrected chi connectivity index (χ3v) is 2.91. The van der Waals surface area contributed by atoms with Crippen molar-refractivity contribution in [2.24, 2.45) is 5.92 Å². The summed E-state index contributed by atoms with van der Waals surface area (Å²) in [5, 5.41) is 0. The Morgan fingerprint density at radius 3 is 2.05 bits per heavy atom. The lowest BCUT2D eigenvalue weighted by atomic mass is 10.1. The van der Waals surface area contributed by atoms with Crippen molar-refractivity contribution in [2.45, 2.75) is 72.3 Å². The molecule has 0 amide bonds. The highest BCUT2D eigenvalue weighted by Crippen LogP contribution is 2.12. The summed E-state index contributed by atoms with van der Waals surface area (Å²) in [4.78, 5) is 22.8. The highest BCUT2D eigenvalue weighted by atomic mass is 16.5. The molecule has 0 saturated heterocycles. The number of ether oxygens (including phenoxy) is 2. The quantitative estimate of drug-likeness (QED) is 0.451. The minimum atomic E-state index is -0.177. The Hall–Kier alpha value is -1.06. The van der Waals surface area contributed by atoms with Gasteiger partial charge < -0.3 is 9.47 Å². The van der Waals surface area contributed by atoms with Crippen molar-refractivity contribution in [3.05, 3.63) is 0 Å². The van der Waals surface area contributed by atoms with Crippen molar-refractivity contribution < 1.29 is 19.1 Å². The fourth-order valence-electron chi connectivity index (χ4n) is 1.75. The molecule has 0 aliphatic carbocycles. The normalized spacial score (nSPS) is 12.3. The van der Waals surface area contributed by atoms with Crippen molar-refractivity contribution in [1.82, 2.24) is 0 Å². The number of hydrogen-bond acceptors (Lipinski definition) is 4. The Balaban J connectivity index is 3.66. The van der Waals surface area contributed by atoms with Crippen molar-refractivity contribution in [3.63, 3.8) is 0 Å². The van der Waals surface area contributed by atoms with Crippen LogP contribution in [0.5, 0.6) is 0 Å². The molecule has 4 heteroatoms. The van der Waals surface area contributed by atoms with Gasteiger partial charge in [0.1, 0.15) is 6.10 Å². The second kappa shape index (κ2) is 10.8. The van der Waals surface area contributed by atoms with Gasteiger partial charge in [-0.25, -0.2) is 0 Å². The molecule has 4 nitrogen and oxygen atoms in total. The molecular weight excluding hydrogens is 244 g/mol. The predicted molar refractivity (Wildman–Crippen MR) is 74.7 cm³/mol. The van der Waals surface area contributed by atoms with Gasteiger partial charge in [-0.3, -0.25) is 9.59 Å². The van der Waals surface area contributed by atoms with Gasteiger partial charge in [-0.1, -0.05) is 27.7 Å². The Morgan fingerprint density at radius 1 is 1.00 bits per heavy atom. The summed E-state index contributed by atoms with van der Waals surface area (Å²) in [6, 6.07) is 0. The average Bonchev–Trinajstić information content (AvgIpc) is 2.38. The summed E-state index contributed by atoms with van der Waals surface area (Å²) in [7, 11) is 0. The van der Waals surface area contributed by atoms with E-state index in [9.17, 15) is 9.59 Å². The van der Waals surface area contributed by atoms with Gasteiger partial charge in [-0.05, 0) is 31.6 Å². The zero-order valence-electron chi connectivity index (χ0n) is 12.7. The molecule has 0 fully saturated rings. The maximum Gasteiger partial charge on any atom is 0.306 e. The third-order valence-electron chi connectivity index (χ3n) is 2.91. The smallest absolute Gasteiger partial charge is 0.306 e. The van der Waals surface area contributed by atoms with Gasteiger partial charge in [-0.2, -0.15) is 0 Å². The van der Waals surface area contributed by atoms with Crippen LogP contribution < -0.4 is 0 Å². The number of rotatable bonds is 10. The highest BCUT2D eigenvalue weighted by Gasteiger charge is 2.15. The SMILES string of the molecule is CCCOC(=O)CCCCC(=O)OC(CC)C(C)C. The molecule has 0 aliphatic rings. The van der Waals surface area contributed by atoms with Crippen LogP contribution in [0.4, 0.5) is 0 Å². The molecule has 0 N–H and O–H groups in total. The van der Waals surface area contributed by atoms with Crippen LogP contribution in [0, 0.1) is 5.92 Å². The van der Waals surface area contributed by atoms with Crippen LogP contribution in [0.3, 0.4) is 0 Å². The number of carbonyl (C=O) groups excluding carboxylic acids is 2. The summed E-state index contributed by atoms with van der Waals surface area (Å²) in [5.74, 6) is 0.00396. The molecule has 112 valence electrons. The maximum atomic E-state index is 11.6. The Morgan fingerprint density at radius 2 is 1.58 bits per heavy atom. The fraction of sp³-hybridized carbons (Fsp3) is 0.867. The summed E-state index contributed by atoms with van der Waals surface area (Å²) < 4.78 is 10.3. The van der Waals surface area contributed by atoms with Gasteiger partial charge in [-0.15, -0.1) is 0 Å². The van der Waals surface area contributed by atoms with Crippen molar-refractivity contribution in [3.8, 4) is 0 Å². The summed E-state index contributed by atoms with van der Waals surface area (Å²) >= 11 is 0. The van der Waals surface area contributed by atoms with Crippen LogP contribution in [0.15, 0.2) is 0 Å². The molecule has 0 rings (SSSR count). The van der Waals surface area contributed by atoms with Gasteiger partial charge in [0.05, 0.1) is 6.61 Å². The van der Waals surface area contributed by atoms with E-state index >= 15 is 0 Å². The van der Waals surface area contributed by atoms with Crippen molar-refractivity contribution in [2.75, 3.05) is 6.61 Å². The van der Waals surface area contributed by atoms with E-state index in [1.807, 2.05) is 27.7 Å². The standard InChI is InChI=1S/C15H28O4/c1-5-11-18-14(16)9-7-8-10-15(17)19-13(6-2)12(3)4/h12-13H,5-11H2,1-4H3. The lowest BCUT2D eigenvalue weighted by Crippen LogP contribution is -2.22. The predicted octanol–water partition coefficient (Wildman–Crippen LogP) is 3.48. The van der Waals surface area contributed by atoms with Gasteiger partial charge in [0.25, 0.3) is 0 Å². The van der Waals surface area contributed by atoms with E-state index < -0.39 is 0 Å². The molecule has 0 radical (unpaired) electrons. The van der Waals surface area contributed by atoms with E-state index in [4.69, 9.17) is 9.47 Å². The van der Waals surface area contributed by atoms with E-state index in [-0.39, 0.29) is 18.0 Å². The highest BCUT2D eigenvalue weighted by molar-refractivity contribution is 5.70. The first-order valence-corrected chi connectivity index (χ1v) is 7.36. The van der Waals surface area contributed by atoms with Crippen molar-refractivity contribution in [1.29, 1.82) is 0 Å². The van der Waals surface area contributed by atoms with Crippen LogP contribution >= 0.6 is 0 Å². The topological polar surface area (TPSA) is 52.6 Å². The molecule has 0 saturated carbocycles. The zero-order chi connectivity index (χ0) is 14.7. The minimum absolute atomic E-state index is 0.00187. The second-order valence-electron chi connectivity index (χ2n) is 5.11. The average molecular weight is 272 g/mol. The van der Waals surface area contributed by atoms with Crippen LogP contribution in [-0.4, -0.2) is 24.6 Å². The molecule has 0 bridgehead atoms. The molecule has 0 aromatic rings. The third kappa shape index (κ3) is 9.51. The van der Waals surface area contributed by atoms with Gasteiger partial charge in [0, 0.05) is 12.8 Å². The lowest BCUT2D eigenvalue weighted by molar-refractivity contribution is -0.152. The number of hydrogen-bond donors (Lipinski definition) is 0. The number of esters is 2. The van der Waals surface area contributed by atoms with Gasteiger partial charge in [0.15, 0.2) is 0 Å². The largest absolute Gasteiger partial charge is 0.466 e. The molecule has 0 aliphatic heterocycles. The van der Waals surface area contributed by atoms with E-state index in [2.05, 4.69) is 0 Å². The van der Waals surface area contributed by atoms with Crippen LogP contribution in [0.25, 0.3) is 0 Å². The Labute approximate surface area is 116 Å². The monoisotopic (exact) mass is 272 g/mol. The van der Waals surface area contributed by atoms with Crippen LogP contribution in [-0.2, 0) is 19.1 Å². The number of unbranched alkanes of at least 4 members (excludes halogenated alkanes) is 1. The summed E-state index contributed by atoms with van der Waals surface area (Å²) in [5.41, 5.74) is 0. The van der Waals surface area contributed by atoms with Crippen molar-refractivity contribution >= 4 is 11.9 Å². The molecule has 1 unspecified atom stereocenters. The number of carbonyl (C=O) groups is 2. The molecule has 1 atom stereocenters. The van der Waals surface area contributed by atoms with Crippen LogP contribution in [0.1, 0.15) is 66.2 Å². The zero-order valence-corrected chi connectivity index (χ0v) is 12.7. The minimum Gasteiger partial charge on any atom is -0.466 e.